The van der Waals surface area contributed by atoms with E-state index in [4.69, 9.17) is 12.2 Å². The van der Waals surface area contributed by atoms with Crippen molar-refractivity contribution in [2.45, 2.75) is 13.0 Å². The van der Waals surface area contributed by atoms with Gasteiger partial charge in [-0.3, -0.25) is 19.8 Å². The number of thioether (sulfide) groups is 1. The molecule has 0 N–H and O–H groups in total. The number of amides is 1. The molecular formula is C13H9N2O5S2-. The van der Waals surface area contributed by atoms with Crippen LogP contribution < -0.4 is 5.11 Å². The van der Waals surface area contributed by atoms with Crippen molar-refractivity contribution in [3.05, 3.63) is 44.8 Å². The maximum atomic E-state index is 12.2. The monoisotopic (exact) mass is 337 g/mol. The van der Waals surface area contributed by atoms with Crippen LogP contribution in [0.5, 0.6) is 0 Å². The number of rotatable bonds is 4. The van der Waals surface area contributed by atoms with Gasteiger partial charge in [0.25, 0.3) is 11.6 Å². The normalized spacial score (nSPS) is 17.9. The van der Waals surface area contributed by atoms with Gasteiger partial charge in [-0.1, -0.05) is 24.0 Å². The van der Waals surface area contributed by atoms with E-state index in [0.717, 1.165) is 16.7 Å². The molecule has 1 amide bonds. The fourth-order valence-electron chi connectivity index (χ4n) is 1.76. The second-order valence-electron chi connectivity index (χ2n) is 4.40. The highest BCUT2D eigenvalue weighted by atomic mass is 32.2. The van der Waals surface area contributed by atoms with E-state index >= 15 is 0 Å². The number of aliphatic carboxylic acids is 1. The highest BCUT2D eigenvalue weighted by Gasteiger charge is 2.35. The molecule has 0 spiro atoms. The van der Waals surface area contributed by atoms with E-state index in [1.54, 1.807) is 0 Å². The maximum absolute atomic E-state index is 12.2. The van der Waals surface area contributed by atoms with Gasteiger partial charge in [-0.25, -0.2) is 0 Å². The summed E-state index contributed by atoms with van der Waals surface area (Å²) in [6.45, 7) is 1.31. The number of thiocarbonyl (C=S) groups is 1. The van der Waals surface area contributed by atoms with E-state index in [1.807, 2.05) is 0 Å². The fourth-order valence-corrected chi connectivity index (χ4v) is 3.18. The van der Waals surface area contributed by atoms with Crippen LogP contribution in [0.4, 0.5) is 5.69 Å². The Bertz CT molecular complexity index is 699. The molecule has 0 aliphatic carbocycles. The molecule has 0 radical (unpaired) electrons. The smallest absolute Gasteiger partial charge is 0.269 e. The Hall–Kier alpha value is -2.26. The molecule has 1 aliphatic rings. The Morgan fingerprint density at radius 1 is 1.41 bits per heavy atom. The molecule has 1 aliphatic heterocycles. The summed E-state index contributed by atoms with van der Waals surface area (Å²) in [6, 6.07) is 4.46. The molecule has 0 aromatic heterocycles. The van der Waals surface area contributed by atoms with Crippen molar-refractivity contribution < 1.29 is 19.6 Å². The zero-order chi connectivity index (χ0) is 16.4. The average Bonchev–Trinajstić information content (AvgIpc) is 2.73. The molecule has 1 aromatic carbocycles. The summed E-state index contributed by atoms with van der Waals surface area (Å²) in [6.07, 6.45) is 1.50. The van der Waals surface area contributed by atoms with Crippen molar-refractivity contribution in [2.75, 3.05) is 0 Å². The quantitative estimate of drug-likeness (QED) is 0.348. The maximum Gasteiger partial charge on any atom is 0.269 e. The lowest BCUT2D eigenvalue weighted by Gasteiger charge is -2.23. The molecule has 1 heterocycles. The summed E-state index contributed by atoms with van der Waals surface area (Å²) in [7, 11) is 0. The van der Waals surface area contributed by atoms with Gasteiger partial charge in [0, 0.05) is 12.1 Å². The van der Waals surface area contributed by atoms with Gasteiger partial charge in [-0.05, 0) is 30.7 Å². The third-order valence-electron chi connectivity index (χ3n) is 2.95. The molecule has 1 fully saturated rings. The van der Waals surface area contributed by atoms with Crippen molar-refractivity contribution in [3.8, 4) is 0 Å². The number of carboxylic acids is 1. The van der Waals surface area contributed by atoms with Crippen LogP contribution in [0, 0.1) is 10.1 Å². The SMILES string of the molecule is CC(C(=O)[O-])N1C(=O)C(=Cc2ccc([N+](=O)[O-])cc2)SC1=S. The van der Waals surface area contributed by atoms with Crippen LogP contribution >= 0.6 is 24.0 Å². The number of nitro groups is 1. The first-order valence-electron chi connectivity index (χ1n) is 6.03. The minimum absolute atomic E-state index is 0.0599. The van der Waals surface area contributed by atoms with E-state index in [0.29, 0.717) is 5.56 Å². The Morgan fingerprint density at radius 3 is 2.50 bits per heavy atom. The molecule has 9 heteroatoms. The predicted octanol–water partition coefficient (Wildman–Crippen LogP) is 0.934. The minimum Gasteiger partial charge on any atom is -0.548 e. The summed E-state index contributed by atoms with van der Waals surface area (Å²) in [5, 5.41) is 21.5. The lowest BCUT2D eigenvalue weighted by Crippen LogP contribution is -2.48. The molecule has 2 rings (SSSR count). The van der Waals surface area contributed by atoms with Gasteiger partial charge in [0.15, 0.2) is 0 Å². The van der Waals surface area contributed by atoms with Crippen molar-refractivity contribution >= 4 is 51.9 Å². The molecule has 1 unspecified atom stereocenters. The van der Waals surface area contributed by atoms with Crippen molar-refractivity contribution in [2.24, 2.45) is 0 Å². The number of nitro benzene ring substituents is 1. The van der Waals surface area contributed by atoms with E-state index in [9.17, 15) is 24.8 Å². The Labute approximate surface area is 134 Å². The fraction of sp³-hybridized carbons (Fsp3) is 0.154. The largest absolute Gasteiger partial charge is 0.548 e. The number of non-ortho nitro benzene ring substituents is 1. The van der Waals surface area contributed by atoms with Crippen LogP contribution in [0.2, 0.25) is 0 Å². The van der Waals surface area contributed by atoms with Crippen LogP contribution in [0.15, 0.2) is 29.2 Å². The van der Waals surface area contributed by atoms with Crippen LogP contribution in [0.1, 0.15) is 12.5 Å². The molecule has 1 atom stereocenters. The van der Waals surface area contributed by atoms with Crippen LogP contribution in [0.3, 0.4) is 0 Å². The zero-order valence-electron chi connectivity index (χ0n) is 11.2. The Balaban J connectivity index is 2.26. The van der Waals surface area contributed by atoms with Gasteiger partial charge < -0.3 is 9.90 Å². The molecule has 22 heavy (non-hydrogen) atoms. The van der Waals surface area contributed by atoms with Crippen LogP contribution in [-0.4, -0.2) is 32.1 Å². The number of carboxylic acid groups (broad SMARTS) is 1. The first-order valence-corrected chi connectivity index (χ1v) is 7.26. The molecule has 114 valence electrons. The molecule has 1 saturated heterocycles. The lowest BCUT2D eigenvalue weighted by atomic mass is 10.2. The van der Waals surface area contributed by atoms with Gasteiger partial charge in [0.2, 0.25) is 0 Å². The lowest BCUT2D eigenvalue weighted by molar-refractivity contribution is -0.384. The highest BCUT2D eigenvalue weighted by molar-refractivity contribution is 8.26. The third kappa shape index (κ3) is 3.15. The minimum atomic E-state index is -1.40. The summed E-state index contributed by atoms with van der Waals surface area (Å²) in [5.41, 5.74) is 0.516. The number of carbonyl (C=O) groups excluding carboxylic acids is 2. The van der Waals surface area contributed by atoms with Crippen LogP contribution in [-0.2, 0) is 9.59 Å². The summed E-state index contributed by atoms with van der Waals surface area (Å²) in [5.74, 6) is -1.92. The topological polar surface area (TPSA) is 104 Å². The second kappa shape index (κ2) is 6.24. The number of hydrogen-bond acceptors (Lipinski definition) is 7. The van der Waals surface area contributed by atoms with Gasteiger partial charge in [-0.2, -0.15) is 0 Å². The van der Waals surface area contributed by atoms with Gasteiger partial charge in [0.05, 0.1) is 21.8 Å². The van der Waals surface area contributed by atoms with Crippen molar-refractivity contribution in [3.63, 3.8) is 0 Å². The number of hydrogen-bond donors (Lipinski definition) is 0. The Kier molecular flexibility index (Phi) is 4.57. The standard InChI is InChI=1S/C13H10N2O5S2/c1-7(12(17)18)14-11(16)10(22-13(14)21)6-8-2-4-9(5-3-8)15(19)20/h2-7H,1H3,(H,17,18)/p-1. The van der Waals surface area contributed by atoms with E-state index < -0.39 is 22.8 Å². The molecule has 7 nitrogen and oxygen atoms in total. The third-order valence-corrected chi connectivity index (χ3v) is 4.28. The van der Waals surface area contributed by atoms with Crippen molar-refractivity contribution in [1.82, 2.24) is 4.90 Å². The van der Waals surface area contributed by atoms with Gasteiger partial charge in [0.1, 0.15) is 4.32 Å². The Morgan fingerprint density at radius 2 is 2.00 bits per heavy atom. The number of carbonyl (C=O) groups is 2. The highest BCUT2D eigenvalue weighted by Crippen LogP contribution is 2.34. The molecular weight excluding hydrogens is 328 g/mol. The first kappa shape index (κ1) is 16.1. The van der Waals surface area contributed by atoms with E-state index in [1.165, 1.54) is 37.3 Å². The summed E-state index contributed by atoms with van der Waals surface area (Å²) in [4.78, 5) is 34.4. The van der Waals surface area contributed by atoms with Gasteiger partial charge in [-0.15, -0.1) is 0 Å². The van der Waals surface area contributed by atoms with Crippen molar-refractivity contribution in [1.29, 1.82) is 0 Å². The zero-order valence-corrected chi connectivity index (χ0v) is 12.8. The first-order chi connectivity index (χ1) is 10.3. The molecule has 0 bridgehead atoms. The van der Waals surface area contributed by atoms with Gasteiger partial charge >= 0.3 is 0 Å². The average molecular weight is 337 g/mol. The van der Waals surface area contributed by atoms with E-state index in [2.05, 4.69) is 0 Å². The second-order valence-corrected chi connectivity index (χ2v) is 6.07. The molecule has 1 aromatic rings. The van der Waals surface area contributed by atoms with E-state index in [-0.39, 0.29) is 14.9 Å². The predicted molar refractivity (Wildman–Crippen MR) is 82.6 cm³/mol. The summed E-state index contributed by atoms with van der Waals surface area (Å²) >= 11 is 5.98. The number of benzene rings is 1. The summed E-state index contributed by atoms with van der Waals surface area (Å²) < 4.78 is 0.134. The molecule has 0 saturated carbocycles. The van der Waals surface area contributed by atoms with Crippen LogP contribution in [0.25, 0.3) is 6.08 Å². The number of nitrogens with zero attached hydrogens (tertiary/aromatic N) is 2.